The lowest BCUT2D eigenvalue weighted by Gasteiger charge is -2.28. The molecule has 0 saturated carbocycles. The molecule has 1 aromatic rings. The van der Waals surface area contributed by atoms with Crippen LogP contribution in [0.15, 0.2) is 24.3 Å². The lowest BCUT2D eigenvalue weighted by molar-refractivity contribution is -0.120. The minimum atomic E-state index is -0.443. The molecule has 0 fully saturated rings. The van der Waals surface area contributed by atoms with Gasteiger partial charge in [0.1, 0.15) is 5.38 Å². The highest BCUT2D eigenvalue weighted by Gasteiger charge is 2.15. The monoisotopic (exact) mass is 280 g/mol. The van der Waals surface area contributed by atoms with Gasteiger partial charge in [-0.3, -0.25) is 9.69 Å². The molecule has 1 aromatic carbocycles. The molecule has 1 atom stereocenters. The number of halogens is 1. The van der Waals surface area contributed by atoms with Gasteiger partial charge in [-0.05, 0) is 30.9 Å². The zero-order valence-corrected chi connectivity index (χ0v) is 12.1. The lowest BCUT2D eigenvalue weighted by Crippen LogP contribution is -2.35. The molecule has 0 bridgehead atoms. The third kappa shape index (κ3) is 4.22. The van der Waals surface area contributed by atoms with E-state index in [1.165, 1.54) is 11.1 Å². The van der Waals surface area contributed by atoms with Gasteiger partial charge in [-0.1, -0.05) is 24.3 Å². The Morgan fingerprint density at radius 3 is 2.89 bits per heavy atom. The first-order valence-corrected chi connectivity index (χ1v) is 7.31. The van der Waals surface area contributed by atoms with Crippen molar-refractivity contribution >= 4 is 17.5 Å². The standard InChI is InChI=1S/C15H21ClN2O/c1-12(16)15(19)17-8-4-9-18-10-7-13-5-2-3-6-14(13)11-18/h2-3,5-6,12H,4,7-11H2,1H3,(H,17,19). The van der Waals surface area contributed by atoms with Gasteiger partial charge in [0.2, 0.25) is 5.91 Å². The lowest BCUT2D eigenvalue weighted by atomic mass is 10.00. The van der Waals surface area contributed by atoms with Crippen LogP contribution in [0.4, 0.5) is 0 Å². The number of hydrogen-bond donors (Lipinski definition) is 1. The summed E-state index contributed by atoms with van der Waals surface area (Å²) >= 11 is 5.69. The van der Waals surface area contributed by atoms with Crippen molar-refractivity contribution in [3.8, 4) is 0 Å². The summed E-state index contributed by atoms with van der Waals surface area (Å²) in [5.41, 5.74) is 2.91. The maximum Gasteiger partial charge on any atom is 0.237 e. The van der Waals surface area contributed by atoms with Crippen molar-refractivity contribution in [2.75, 3.05) is 19.6 Å². The van der Waals surface area contributed by atoms with Gasteiger partial charge in [-0.25, -0.2) is 0 Å². The van der Waals surface area contributed by atoms with Crippen molar-refractivity contribution in [3.63, 3.8) is 0 Å². The number of amides is 1. The first-order valence-electron chi connectivity index (χ1n) is 6.88. The molecule has 4 heteroatoms. The highest BCUT2D eigenvalue weighted by Crippen LogP contribution is 2.18. The largest absolute Gasteiger partial charge is 0.355 e. The maximum absolute atomic E-state index is 11.3. The van der Waals surface area contributed by atoms with E-state index in [2.05, 4.69) is 34.5 Å². The maximum atomic E-state index is 11.3. The van der Waals surface area contributed by atoms with Crippen LogP contribution in [0.2, 0.25) is 0 Å². The number of alkyl halides is 1. The fourth-order valence-electron chi connectivity index (χ4n) is 2.40. The number of rotatable bonds is 5. The van der Waals surface area contributed by atoms with Gasteiger partial charge in [0.25, 0.3) is 0 Å². The number of benzene rings is 1. The SMILES string of the molecule is CC(Cl)C(=O)NCCCN1CCc2ccccc2C1. The molecule has 1 aliphatic heterocycles. The normalized spacial score (nSPS) is 16.7. The van der Waals surface area contributed by atoms with Gasteiger partial charge in [0.15, 0.2) is 0 Å². The average molecular weight is 281 g/mol. The van der Waals surface area contributed by atoms with Gasteiger partial charge < -0.3 is 5.32 Å². The molecule has 0 aromatic heterocycles. The minimum Gasteiger partial charge on any atom is -0.355 e. The number of carbonyl (C=O) groups excluding carboxylic acids is 1. The van der Waals surface area contributed by atoms with Gasteiger partial charge >= 0.3 is 0 Å². The van der Waals surface area contributed by atoms with Crippen molar-refractivity contribution in [3.05, 3.63) is 35.4 Å². The minimum absolute atomic E-state index is 0.0781. The van der Waals surface area contributed by atoms with Crippen molar-refractivity contribution < 1.29 is 4.79 Å². The van der Waals surface area contributed by atoms with Gasteiger partial charge in [-0.15, -0.1) is 11.6 Å². The number of carbonyl (C=O) groups is 1. The molecule has 1 amide bonds. The number of fused-ring (bicyclic) bond motifs is 1. The van der Waals surface area contributed by atoms with Crippen LogP contribution in [0.3, 0.4) is 0 Å². The summed E-state index contributed by atoms with van der Waals surface area (Å²) in [5, 5.41) is 2.40. The molecule has 104 valence electrons. The fraction of sp³-hybridized carbons (Fsp3) is 0.533. The van der Waals surface area contributed by atoms with Crippen molar-refractivity contribution in [1.29, 1.82) is 0 Å². The zero-order chi connectivity index (χ0) is 13.7. The quantitative estimate of drug-likeness (QED) is 0.662. The molecule has 0 spiro atoms. The van der Waals surface area contributed by atoms with Crippen molar-refractivity contribution in [2.45, 2.75) is 31.7 Å². The Morgan fingerprint density at radius 2 is 2.16 bits per heavy atom. The number of hydrogen-bond acceptors (Lipinski definition) is 2. The molecule has 2 rings (SSSR count). The zero-order valence-electron chi connectivity index (χ0n) is 11.4. The van der Waals surface area contributed by atoms with Crippen LogP contribution in [0.1, 0.15) is 24.5 Å². The van der Waals surface area contributed by atoms with Crippen LogP contribution in [0.5, 0.6) is 0 Å². The number of nitrogens with zero attached hydrogens (tertiary/aromatic N) is 1. The average Bonchev–Trinajstić information content (AvgIpc) is 2.43. The third-order valence-electron chi connectivity index (χ3n) is 3.52. The second kappa shape index (κ2) is 6.92. The molecule has 1 unspecified atom stereocenters. The molecule has 3 nitrogen and oxygen atoms in total. The Labute approximate surface area is 119 Å². The third-order valence-corrected chi connectivity index (χ3v) is 3.72. The van der Waals surface area contributed by atoms with Gasteiger partial charge in [0, 0.05) is 26.2 Å². The predicted octanol–water partition coefficient (Wildman–Crippen LogP) is 2.18. The molecule has 19 heavy (non-hydrogen) atoms. The summed E-state index contributed by atoms with van der Waals surface area (Å²) in [4.78, 5) is 13.7. The molecule has 0 radical (unpaired) electrons. The van der Waals surface area contributed by atoms with Crippen LogP contribution in [-0.2, 0) is 17.8 Å². The first-order chi connectivity index (χ1) is 9.16. The summed E-state index contributed by atoms with van der Waals surface area (Å²) < 4.78 is 0. The Hall–Kier alpha value is -1.06. The summed E-state index contributed by atoms with van der Waals surface area (Å²) in [6, 6.07) is 8.63. The molecule has 0 saturated heterocycles. The Bertz CT molecular complexity index is 434. The molecule has 0 aliphatic carbocycles. The molecular formula is C15H21ClN2O. The number of nitrogens with one attached hydrogen (secondary N) is 1. The van der Waals surface area contributed by atoms with Gasteiger partial charge in [0.05, 0.1) is 0 Å². The summed E-state index contributed by atoms with van der Waals surface area (Å²) in [5.74, 6) is -0.0781. The van der Waals surface area contributed by atoms with Crippen LogP contribution in [-0.4, -0.2) is 35.8 Å². The first kappa shape index (κ1) is 14.4. The Balaban J connectivity index is 1.70. The second-order valence-electron chi connectivity index (χ2n) is 5.06. The molecule has 1 heterocycles. The molecule has 1 N–H and O–H groups in total. The Morgan fingerprint density at radius 1 is 1.42 bits per heavy atom. The van der Waals surface area contributed by atoms with E-state index in [-0.39, 0.29) is 5.91 Å². The molecular weight excluding hydrogens is 260 g/mol. The van der Waals surface area contributed by atoms with Crippen LogP contribution in [0.25, 0.3) is 0 Å². The van der Waals surface area contributed by atoms with Crippen molar-refractivity contribution in [1.82, 2.24) is 10.2 Å². The van der Waals surface area contributed by atoms with E-state index in [1.807, 2.05) is 0 Å². The summed E-state index contributed by atoms with van der Waals surface area (Å²) in [7, 11) is 0. The predicted molar refractivity (Wildman–Crippen MR) is 78.4 cm³/mol. The highest BCUT2D eigenvalue weighted by atomic mass is 35.5. The second-order valence-corrected chi connectivity index (χ2v) is 5.71. The summed E-state index contributed by atoms with van der Waals surface area (Å²) in [6.07, 6.45) is 2.10. The van der Waals surface area contributed by atoms with E-state index in [9.17, 15) is 4.79 Å². The van der Waals surface area contributed by atoms with Crippen LogP contribution < -0.4 is 5.32 Å². The van der Waals surface area contributed by atoms with Crippen molar-refractivity contribution in [2.24, 2.45) is 0 Å². The van der Waals surface area contributed by atoms with E-state index in [0.29, 0.717) is 6.54 Å². The topological polar surface area (TPSA) is 32.3 Å². The summed E-state index contributed by atoms with van der Waals surface area (Å²) in [6.45, 7) is 5.55. The van der Waals surface area contributed by atoms with E-state index in [1.54, 1.807) is 6.92 Å². The highest BCUT2D eigenvalue weighted by molar-refractivity contribution is 6.30. The van der Waals surface area contributed by atoms with Crippen LogP contribution in [0, 0.1) is 0 Å². The molecule has 1 aliphatic rings. The smallest absolute Gasteiger partial charge is 0.237 e. The van der Waals surface area contributed by atoms with Crippen LogP contribution >= 0.6 is 11.6 Å². The fourth-order valence-corrected chi connectivity index (χ4v) is 2.48. The van der Waals surface area contributed by atoms with Gasteiger partial charge in [-0.2, -0.15) is 0 Å². The Kier molecular flexibility index (Phi) is 5.23. The van der Waals surface area contributed by atoms with E-state index >= 15 is 0 Å². The van der Waals surface area contributed by atoms with E-state index in [4.69, 9.17) is 11.6 Å². The van der Waals surface area contributed by atoms with E-state index < -0.39 is 5.38 Å². The van der Waals surface area contributed by atoms with E-state index in [0.717, 1.165) is 32.5 Å².